The quantitative estimate of drug-likeness (QED) is 0.809. The summed E-state index contributed by atoms with van der Waals surface area (Å²) in [6.45, 7) is 1.49. The van der Waals surface area contributed by atoms with E-state index in [-0.39, 0.29) is 12.5 Å². The zero-order valence-electron chi connectivity index (χ0n) is 14.4. The standard InChI is InChI=1S/C19H24N2O3/c1-21(14-15-7-5-4-6-8-15)19(22)13-20-12-16-9-10-17(23-2)18(11-16)24-3/h4-11,20H,12-14H2,1-3H3. The first-order chi connectivity index (χ1) is 11.6. The van der Waals surface area contributed by atoms with Gasteiger partial charge in [0.15, 0.2) is 11.5 Å². The molecule has 0 heterocycles. The van der Waals surface area contributed by atoms with Gasteiger partial charge in [0.05, 0.1) is 20.8 Å². The molecule has 0 aliphatic heterocycles. The van der Waals surface area contributed by atoms with Gasteiger partial charge < -0.3 is 19.7 Å². The maximum Gasteiger partial charge on any atom is 0.236 e. The summed E-state index contributed by atoms with van der Waals surface area (Å²) in [5, 5.41) is 3.17. The van der Waals surface area contributed by atoms with E-state index in [1.165, 1.54) is 0 Å². The predicted molar refractivity (Wildman–Crippen MR) is 94.2 cm³/mol. The van der Waals surface area contributed by atoms with Gasteiger partial charge in [0, 0.05) is 20.1 Å². The molecule has 2 aromatic rings. The summed E-state index contributed by atoms with van der Waals surface area (Å²) in [5.74, 6) is 1.43. The van der Waals surface area contributed by atoms with E-state index < -0.39 is 0 Å². The lowest BCUT2D eigenvalue weighted by molar-refractivity contribution is -0.129. The van der Waals surface area contributed by atoms with Crippen molar-refractivity contribution in [1.29, 1.82) is 0 Å². The maximum atomic E-state index is 12.2. The van der Waals surface area contributed by atoms with Crippen LogP contribution in [0.5, 0.6) is 11.5 Å². The molecular formula is C19H24N2O3. The van der Waals surface area contributed by atoms with Gasteiger partial charge in [0.2, 0.25) is 5.91 Å². The number of amides is 1. The average molecular weight is 328 g/mol. The van der Waals surface area contributed by atoms with Crippen LogP contribution in [-0.4, -0.2) is 38.6 Å². The summed E-state index contributed by atoms with van der Waals surface area (Å²) in [5.41, 5.74) is 2.15. The van der Waals surface area contributed by atoms with E-state index in [9.17, 15) is 4.79 Å². The predicted octanol–water partition coefficient (Wildman–Crippen LogP) is 2.45. The third-order valence-electron chi connectivity index (χ3n) is 3.74. The highest BCUT2D eigenvalue weighted by Crippen LogP contribution is 2.27. The first-order valence-electron chi connectivity index (χ1n) is 7.83. The van der Waals surface area contributed by atoms with E-state index >= 15 is 0 Å². The Morgan fingerprint density at radius 2 is 1.71 bits per heavy atom. The van der Waals surface area contributed by atoms with E-state index in [2.05, 4.69) is 5.32 Å². The van der Waals surface area contributed by atoms with Crippen LogP contribution >= 0.6 is 0 Å². The molecule has 128 valence electrons. The summed E-state index contributed by atoms with van der Waals surface area (Å²) < 4.78 is 10.5. The topological polar surface area (TPSA) is 50.8 Å². The van der Waals surface area contributed by atoms with E-state index in [0.717, 1.165) is 11.1 Å². The molecule has 0 aliphatic carbocycles. The van der Waals surface area contributed by atoms with Crippen molar-refractivity contribution in [2.45, 2.75) is 13.1 Å². The van der Waals surface area contributed by atoms with Gasteiger partial charge in [-0.1, -0.05) is 36.4 Å². The van der Waals surface area contributed by atoms with E-state index in [1.807, 2.05) is 55.6 Å². The molecule has 2 rings (SSSR count). The van der Waals surface area contributed by atoms with E-state index in [4.69, 9.17) is 9.47 Å². The Morgan fingerprint density at radius 3 is 2.38 bits per heavy atom. The minimum absolute atomic E-state index is 0.0549. The van der Waals surface area contributed by atoms with E-state index in [0.29, 0.717) is 24.6 Å². The molecule has 5 heteroatoms. The molecule has 24 heavy (non-hydrogen) atoms. The van der Waals surface area contributed by atoms with Crippen molar-refractivity contribution in [2.24, 2.45) is 0 Å². The molecule has 5 nitrogen and oxygen atoms in total. The fourth-order valence-corrected chi connectivity index (χ4v) is 2.38. The number of carbonyl (C=O) groups excluding carboxylic acids is 1. The van der Waals surface area contributed by atoms with Crippen LogP contribution in [0.2, 0.25) is 0 Å². The average Bonchev–Trinajstić information content (AvgIpc) is 2.62. The second-order valence-corrected chi connectivity index (χ2v) is 5.53. The molecule has 0 saturated heterocycles. The Morgan fingerprint density at radius 1 is 1.00 bits per heavy atom. The maximum absolute atomic E-state index is 12.2. The molecule has 0 radical (unpaired) electrons. The minimum Gasteiger partial charge on any atom is -0.493 e. The van der Waals surface area contributed by atoms with Gasteiger partial charge in [0.1, 0.15) is 0 Å². The second-order valence-electron chi connectivity index (χ2n) is 5.53. The highest BCUT2D eigenvalue weighted by Gasteiger charge is 2.09. The van der Waals surface area contributed by atoms with Crippen LogP contribution in [0.25, 0.3) is 0 Å². The molecule has 2 aromatic carbocycles. The number of rotatable bonds is 8. The highest BCUT2D eigenvalue weighted by molar-refractivity contribution is 5.77. The van der Waals surface area contributed by atoms with E-state index in [1.54, 1.807) is 19.1 Å². The van der Waals surface area contributed by atoms with Crippen LogP contribution in [0.4, 0.5) is 0 Å². The molecule has 0 aliphatic rings. The number of carbonyl (C=O) groups is 1. The molecule has 0 spiro atoms. The Labute approximate surface area is 143 Å². The Bertz CT molecular complexity index is 659. The molecule has 1 N–H and O–H groups in total. The van der Waals surface area contributed by atoms with Gasteiger partial charge in [-0.25, -0.2) is 0 Å². The molecular weight excluding hydrogens is 304 g/mol. The Balaban J connectivity index is 1.82. The van der Waals surface area contributed by atoms with Crippen LogP contribution < -0.4 is 14.8 Å². The van der Waals surface area contributed by atoms with Crippen LogP contribution in [-0.2, 0) is 17.9 Å². The second kappa shape index (κ2) is 8.93. The lowest BCUT2D eigenvalue weighted by Gasteiger charge is -2.18. The minimum atomic E-state index is 0.0549. The Kier molecular flexibility index (Phi) is 6.63. The van der Waals surface area contributed by atoms with Crippen LogP contribution in [0.15, 0.2) is 48.5 Å². The number of nitrogens with zero attached hydrogens (tertiary/aromatic N) is 1. The fourth-order valence-electron chi connectivity index (χ4n) is 2.38. The third kappa shape index (κ3) is 4.99. The summed E-state index contributed by atoms with van der Waals surface area (Å²) in [7, 11) is 5.03. The van der Waals surface area contributed by atoms with Crippen molar-refractivity contribution in [3.63, 3.8) is 0 Å². The number of nitrogens with one attached hydrogen (secondary N) is 1. The zero-order chi connectivity index (χ0) is 17.4. The first-order valence-corrected chi connectivity index (χ1v) is 7.83. The molecule has 0 aromatic heterocycles. The van der Waals surface area contributed by atoms with Crippen molar-refractivity contribution in [1.82, 2.24) is 10.2 Å². The number of ether oxygens (including phenoxy) is 2. The molecule has 0 saturated carbocycles. The van der Waals surface area contributed by atoms with Crippen molar-refractivity contribution in [3.8, 4) is 11.5 Å². The number of benzene rings is 2. The van der Waals surface area contributed by atoms with Crippen LogP contribution in [0.1, 0.15) is 11.1 Å². The summed E-state index contributed by atoms with van der Waals surface area (Å²) >= 11 is 0. The van der Waals surface area contributed by atoms with Crippen molar-refractivity contribution < 1.29 is 14.3 Å². The van der Waals surface area contributed by atoms with Crippen molar-refractivity contribution >= 4 is 5.91 Å². The van der Waals surface area contributed by atoms with Gasteiger partial charge >= 0.3 is 0 Å². The largest absolute Gasteiger partial charge is 0.493 e. The van der Waals surface area contributed by atoms with Gasteiger partial charge in [-0.3, -0.25) is 4.79 Å². The summed E-state index contributed by atoms with van der Waals surface area (Å²) in [6.07, 6.45) is 0. The third-order valence-corrected chi connectivity index (χ3v) is 3.74. The first kappa shape index (κ1) is 17.8. The number of hydrogen-bond donors (Lipinski definition) is 1. The van der Waals surface area contributed by atoms with Gasteiger partial charge in [-0.15, -0.1) is 0 Å². The van der Waals surface area contributed by atoms with Crippen LogP contribution in [0, 0.1) is 0 Å². The lowest BCUT2D eigenvalue weighted by Crippen LogP contribution is -2.34. The number of likely N-dealkylation sites (N-methyl/N-ethyl adjacent to an activating group) is 1. The fraction of sp³-hybridized carbons (Fsp3) is 0.316. The van der Waals surface area contributed by atoms with Gasteiger partial charge in [-0.05, 0) is 23.3 Å². The number of hydrogen-bond acceptors (Lipinski definition) is 4. The molecule has 0 atom stereocenters. The van der Waals surface area contributed by atoms with Crippen molar-refractivity contribution in [3.05, 3.63) is 59.7 Å². The SMILES string of the molecule is COc1ccc(CNCC(=O)N(C)Cc2ccccc2)cc1OC. The molecule has 0 bridgehead atoms. The molecule has 1 amide bonds. The highest BCUT2D eigenvalue weighted by atomic mass is 16.5. The lowest BCUT2D eigenvalue weighted by atomic mass is 10.2. The van der Waals surface area contributed by atoms with Crippen molar-refractivity contribution in [2.75, 3.05) is 27.8 Å². The normalized spacial score (nSPS) is 10.3. The Hall–Kier alpha value is -2.53. The zero-order valence-corrected chi connectivity index (χ0v) is 14.4. The smallest absolute Gasteiger partial charge is 0.236 e. The summed E-state index contributed by atoms with van der Waals surface area (Å²) in [6, 6.07) is 15.7. The monoisotopic (exact) mass is 328 g/mol. The molecule has 0 fully saturated rings. The van der Waals surface area contributed by atoms with Crippen LogP contribution in [0.3, 0.4) is 0 Å². The molecule has 0 unspecified atom stereocenters. The summed E-state index contributed by atoms with van der Waals surface area (Å²) in [4.78, 5) is 13.9. The van der Waals surface area contributed by atoms with Gasteiger partial charge in [-0.2, -0.15) is 0 Å². The number of methoxy groups -OCH3 is 2. The van der Waals surface area contributed by atoms with Gasteiger partial charge in [0.25, 0.3) is 0 Å².